The molecule has 1 heterocycles. The minimum absolute atomic E-state index is 0.0675. The van der Waals surface area contributed by atoms with Gasteiger partial charge in [0, 0.05) is 32.8 Å². The molecule has 0 spiro atoms. The maximum atomic E-state index is 13.9. The van der Waals surface area contributed by atoms with Crippen molar-refractivity contribution in [1.82, 2.24) is 9.66 Å². The molecule has 5 aromatic rings. The molecule has 0 bridgehead atoms. The number of hydrogen-bond donors (Lipinski definition) is 0. The number of hydrogen-bond acceptors (Lipinski definition) is 8. The van der Waals surface area contributed by atoms with E-state index in [1.165, 1.54) is 30.1 Å². The summed E-state index contributed by atoms with van der Waals surface area (Å²) < 4.78 is 18.4. The predicted molar refractivity (Wildman–Crippen MR) is 185 cm³/mol. The zero-order valence-electron chi connectivity index (χ0n) is 26.4. The van der Waals surface area contributed by atoms with E-state index in [4.69, 9.17) is 42.4 Å². The molecule has 0 aliphatic rings. The number of ether oxygens (including phenoxy) is 3. The van der Waals surface area contributed by atoms with E-state index < -0.39 is 10.5 Å². The Labute approximate surface area is 281 Å². The van der Waals surface area contributed by atoms with Gasteiger partial charge in [-0.25, -0.2) is 4.98 Å². The van der Waals surface area contributed by atoms with Crippen LogP contribution in [0.5, 0.6) is 17.2 Å². The van der Waals surface area contributed by atoms with Gasteiger partial charge in [-0.1, -0.05) is 55.2 Å². The zero-order chi connectivity index (χ0) is 33.8. The lowest BCUT2D eigenvalue weighted by atomic mass is 9.96. The smallest absolute Gasteiger partial charge is 0.315 e. The van der Waals surface area contributed by atoms with E-state index in [2.05, 4.69) is 18.9 Å². The van der Waals surface area contributed by atoms with Crippen LogP contribution in [0.15, 0.2) is 76.6 Å². The van der Waals surface area contributed by atoms with Gasteiger partial charge < -0.3 is 14.2 Å². The SMILES string of the molecule is CCOc1cc(C)c(-c2nc3ccccc3c(=O)n2N=Cc2cc(OC)c(OCc3ccc(Cl)cc3Cl)c([N+](=O)[O-])c2)cc1C(C)C. The molecule has 0 aliphatic carbocycles. The van der Waals surface area contributed by atoms with Crippen molar-refractivity contribution >= 4 is 46.0 Å². The van der Waals surface area contributed by atoms with Gasteiger partial charge in [0.05, 0.1) is 35.8 Å². The Hall–Kier alpha value is -4.93. The summed E-state index contributed by atoms with van der Waals surface area (Å²) in [7, 11) is 1.37. The zero-order valence-corrected chi connectivity index (χ0v) is 27.9. The van der Waals surface area contributed by atoms with E-state index >= 15 is 0 Å². The van der Waals surface area contributed by atoms with Crippen LogP contribution in [-0.2, 0) is 6.61 Å². The number of halogens is 2. The van der Waals surface area contributed by atoms with Gasteiger partial charge in [-0.2, -0.15) is 9.78 Å². The average Bonchev–Trinajstić information content (AvgIpc) is 3.04. The largest absolute Gasteiger partial charge is 0.494 e. The van der Waals surface area contributed by atoms with E-state index in [0.717, 1.165) is 16.9 Å². The minimum Gasteiger partial charge on any atom is -0.494 e. The van der Waals surface area contributed by atoms with E-state index in [-0.39, 0.29) is 29.7 Å². The van der Waals surface area contributed by atoms with Gasteiger partial charge in [-0.3, -0.25) is 14.9 Å². The van der Waals surface area contributed by atoms with Gasteiger partial charge in [0.25, 0.3) is 5.56 Å². The first kappa shape index (κ1) is 33.4. The van der Waals surface area contributed by atoms with Crippen LogP contribution >= 0.6 is 23.2 Å². The normalized spacial score (nSPS) is 11.4. The molecule has 0 atom stereocenters. The molecule has 0 saturated carbocycles. The number of aryl methyl sites for hydroxylation is 1. The number of nitrogens with zero attached hydrogens (tertiary/aromatic N) is 4. The fraction of sp³-hybridized carbons (Fsp3) is 0.229. The maximum Gasteiger partial charge on any atom is 0.315 e. The third kappa shape index (κ3) is 7.08. The van der Waals surface area contributed by atoms with Gasteiger partial charge in [-0.15, -0.1) is 0 Å². The van der Waals surface area contributed by atoms with E-state index in [1.807, 2.05) is 32.0 Å². The Morgan fingerprint density at radius 2 is 1.81 bits per heavy atom. The Morgan fingerprint density at radius 3 is 2.49 bits per heavy atom. The molecule has 0 aliphatic heterocycles. The van der Waals surface area contributed by atoms with Crippen molar-refractivity contribution in [3.05, 3.63) is 119 Å². The number of methoxy groups -OCH3 is 1. The highest BCUT2D eigenvalue weighted by atomic mass is 35.5. The van der Waals surface area contributed by atoms with Gasteiger partial charge in [-0.05, 0) is 73.4 Å². The second-order valence-corrected chi connectivity index (χ2v) is 11.8. The van der Waals surface area contributed by atoms with Crippen LogP contribution in [0, 0.1) is 17.0 Å². The molecule has 0 N–H and O–H groups in total. The minimum atomic E-state index is -0.579. The Bertz CT molecular complexity index is 2080. The highest BCUT2D eigenvalue weighted by Gasteiger charge is 2.23. The molecule has 12 heteroatoms. The lowest BCUT2D eigenvalue weighted by Crippen LogP contribution is -2.21. The molecular weight excluding hydrogens is 643 g/mol. The summed E-state index contributed by atoms with van der Waals surface area (Å²) in [5.41, 5.74) is 3.13. The number of rotatable bonds is 11. The molecule has 0 radical (unpaired) electrons. The molecule has 1 aromatic heterocycles. The average molecular weight is 676 g/mol. The first-order chi connectivity index (χ1) is 22.5. The molecule has 4 aromatic carbocycles. The molecule has 0 amide bonds. The quantitative estimate of drug-likeness (QED) is 0.0782. The van der Waals surface area contributed by atoms with Crippen LogP contribution in [0.4, 0.5) is 5.69 Å². The number of aromatic nitrogens is 2. The molecule has 10 nitrogen and oxygen atoms in total. The maximum absolute atomic E-state index is 13.9. The van der Waals surface area contributed by atoms with Crippen molar-refractivity contribution in [2.45, 2.75) is 40.2 Å². The summed E-state index contributed by atoms with van der Waals surface area (Å²) in [5.74, 6) is 1.22. The van der Waals surface area contributed by atoms with Gasteiger partial charge in [0.2, 0.25) is 5.75 Å². The van der Waals surface area contributed by atoms with E-state index in [9.17, 15) is 14.9 Å². The van der Waals surface area contributed by atoms with Crippen molar-refractivity contribution in [3.8, 4) is 28.6 Å². The van der Waals surface area contributed by atoms with Gasteiger partial charge >= 0.3 is 5.69 Å². The molecular formula is C35H32Cl2N4O6. The lowest BCUT2D eigenvalue weighted by Gasteiger charge is -2.18. The predicted octanol–water partition coefficient (Wildman–Crippen LogP) is 8.58. The Morgan fingerprint density at radius 1 is 1.04 bits per heavy atom. The van der Waals surface area contributed by atoms with Crippen molar-refractivity contribution < 1.29 is 19.1 Å². The number of nitro groups is 1. The Kier molecular flexibility index (Phi) is 10.1. The topological polar surface area (TPSA) is 118 Å². The van der Waals surface area contributed by atoms with Crippen LogP contribution in [0.2, 0.25) is 10.0 Å². The number of para-hydroxylation sites is 1. The summed E-state index contributed by atoms with van der Waals surface area (Å²) in [5, 5.41) is 17.9. The first-order valence-electron chi connectivity index (χ1n) is 14.8. The van der Waals surface area contributed by atoms with E-state index in [1.54, 1.807) is 36.4 Å². The second-order valence-electron chi connectivity index (χ2n) is 11.0. The summed E-state index contributed by atoms with van der Waals surface area (Å²) in [6.07, 6.45) is 1.35. The fourth-order valence-electron chi connectivity index (χ4n) is 5.10. The van der Waals surface area contributed by atoms with Crippen LogP contribution < -0.4 is 19.8 Å². The third-order valence-corrected chi connectivity index (χ3v) is 8.04. The molecule has 0 saturated heterocycles. The van der Waals surface area contributed by atoms with Crippen LogP contribution in [0.1, 0.15) is 48.9 Å². The van der Waals surface area contributed by atoms with Crippen LogP contribution in [-0.4, -0.2) is 34.5 Å². The van der Waals surface area contributed by atoms with Gasteiger partial charge in [0.15, 0.2) is 11.6 Å². The monoisotopic (exact) mass is 674 g/mol. The second kappa shape index (κ2) is 14.2. The van der Waals surface area contributed by atoms with Crippen molar-refractivity contribution in [3.63, 3.8) is 0 Å². The van der Waals surface area contributed by atoms with Gasteiger partial charge in [0.1, 0.15) is 12.4 Å². The first-order valence-corrected chi connectivity index (χ1v) is 15.5. The molecule has 0 unspecified atom stereocenters. The van der Waals surface area contributed by atoms with E-state index in [0.29, 0.717) is 50.1 Å². The number of benzene rings is 4. The van der Waals surface area contributed by atoms with Crippen molar-refractivity contribution in [2.75, 3.05) is 13.7 Å². The fourth-order valence-corrected chi connectivity index (χ4v) is 5.57. The summed E-state index contributed by atoms with van der Waals surface area (Å²) in [4.78, 5) is 30.3. The van der Waals surface area contributed by atoms with Crippen LogP contribution in [0.3, 0.4) is 0 Å². The summed E-state index contributed by atoms with van der Waals surface area (Å²) in [6.45, 7) is 8.42. The molecule has 0 fully saturated rings. The highest BCUT2D eigenvalue weighted by Crippen LogP contribution is 2.39. The lowest BCUT2D eigenvalue weighted by molar-refractivity contribution is -0.386. The third-order valence-electron chi connectivity index (χ3n) is 7.46. The van der Waals surface area contributed by atoms with Crippen LogP contribution in [0.25, 0.3) is 22.3 Å². The van der Waals surface area contributed by atoms with Crippen molar-refractivity contribution in [2.24, 2.45) is 5.10 Å². The molecule has 5 rings (SSSR count). The number of fused-ring (bicyclic) bond motifs is 1. The number of nitro benzene ring substituents is 1. The van der Waals surface area contributed by atoms with Crippen molar-refractivity contribution in [1.29, 1.82) is 0 Å². The standard InChI is InChI=1S/C35H32Cl2N4O6/c1-6-46-31-13-21(4)27(17-26(31)20(2)3)34-39-29-10-8-7-9-25(29)35(42)40(34)38-18-22-14-30(41(43)44)33(32(15-22)45-5)47-19-23-11-12-24(36)16-28(23)37/h7-18,20H,6,19H2,1-5H3. The summed E-state index contributed by atoms with van der Waals surface area (Å²) in [6, 6.07) is 18.6. The summed E-state index contributed by atoms with van der Waals surface area (Å²) >= 11 is 12.3. The Balaban J connectivity index is 1.63. The highest BCUT2D eigenvalue weighted by molar-refractivity contribution is 6.35. The molecule has 47 heavy (non-hydrogen) atoms. The molecule has 242 valence electrons.